The number of hydrogen-bond acceptors (Lipinski definition) is 2. The lowest BCUT2D eigenvalue weighted by Crippen LogP contribution is -2.50. The largest absolute Gasteiger partial charge is 0.367 e. The molecule has 0 aromatic heterocycles. The second-order valence-corrected chi connectivity index (χ2v) is 5.61. The van der Waals surface area contributed by atoms with Gasteiger partial charge in [0.05, 0.1) is 5.69 Å². The van der Waals surface area contributed by atoms with E-state index in [-0.39, 0.29) is 11.8 Å². The maximum Gasteiger partial charge on any atom is 0.253 e. The smallest absolute Gasteiger partial charge is 0.253 e. The molecule has 0 aliphatic carbocycles. The minimum absolute atomic E-state index is 0.0826. The summed E-state index contributed by atoms with van der Waals surface area (Å²) in [5, 5.41) is 10.9. The molecule has 1 N–H and O–H groups in total. The van der Waals surface area contributed by atoms with Crippen LogP contribution in [0.15, 0.2) is 66.7 Å². The van der Waals surface area contributed by atoms with Crippen molar-refractivity contribution in [3.05, 3.63) is 77.9 Å². The zero-order chi connectivity index (χ0) is 14.4. The van der Waals surface area contributed by atoms with Crippen LogP contribution in [0.4, 0.5) is 5.69 Å². The molecule has 104 valence electrons. The number of para-hydroxylation sites is 1. The molecule has 0 saturated carbocycles. The Balaban J connectivity index is 1.91. The number of nitrogens with zero attached hydrogens (tertiary/aromatic N) is 1. The van der Waals surface area contributed by atoms with Crippen LogP contribution in [-0.2, 0) is 4.79 Å². The van der Waals surface area contributed by atoms with Crippen LogP contribution in [0, 0.1) is 0 Å². The van der Waals surface area contributed by atoms with E-state index in [4.69, 9.17) is 0 Å². The molecule has 1 amide bonds. The number of anilines is 1. The fourth-order valence-corrected chi connectivity index (χ4v) is 3.41. The average Bonchev–Trinajstić information content (AvgIpc) is 2.83. The van der Waals surface area contributed by atoms with E-state index < -0.39 is 5.72 Å². The Morgan fingerprint density at radius 1 is 1.05 bits per heavy atom. The summed E-state index contributed by atoms with van der Waals surface area (Å²) in [5.41, 5.74) is 1.83. The highest BCUT2D eigenvalue weighted by Crippen LogP contribution is 2.47. The molecule has 0 saturated heterocycles. The maximum absolute atomic E-state index is 12.1. The van der Waals surface area contributed by atoms with Crippen molar-refractivity contribution in [2.75, 3.05) is 4.90 Å². The zero-order valence-electron chi connectivity index (χ0n) is 11.4. The molecule has 2 aliphatic heterocycles. The highest BCUT2D eigenvalue weighted by Gasteiger charge is 2.47. The quantitative estimate of drug-likeness (QED) is 0.870. The van der Waals surface area contributed by atoms with Crippen LogP contribution in [0.2, 0.25) is 0 Å². The lowest BCUT2D eigenvalue weighted by atomic mass is 9.80. The summed E-state index contributed by atoms with van der Waals surface area (Å²) in [6.45, 7) is 0. The SMILES string of the molecule is O=C1C=C[C@]2(O)C[C@H](c3ccccc3)c3ccccc3N12. The Kier molecular flexibility index (Phi) is 2.53. The summed E-state index contributed by atoms with van der Waals surface area (Å²) in [6, 6.07) is 18.0. The van der Waals surface area contributed by atoms with Crippen molar-refractivity contribution in [1.82, 2.24) is 0 Å². The van der Waals surface area contributed by atoms with E-state index in [1.54, 1.807) is 6.08 Å². The summed E-state index contributed by atoms with van der Waals surface area (Å²) in [5.74, 6) is -0.0735. The van der Waals surface area contributed by atoms with Gasteiger partial charge in [0.1, 0.15) is 0 Å². The van der Waals surface area contributed by atoms with Crippen LogP contribution in [-0.4, -0.2) is 16.7 Å². The molecule has 3 heteroatoms. The van der Waals surface area contributed by atoms with Crippen molar-refractivity contribution >= 4 is 11.6 Å². The Morgan fingerprint density at radius 2 is 1.76 bits per heavy atom. The molecule has 2 aromatic carbocycles. The Labute approximate surface area is 123 Å². The molecule has 0 unspecified atom stereocenters. The summed E-state index contributed by atoms with van der Waals surface area (Å²) >= 11 is 0. The van der Waals surface area contributed by atoms with Crippen molar-refractivity contribution in [2.45, 2.75) is 18.1 Å². The fourth-order valence-electron chi connectivity index (χ4n) is 3.41. The molecule has 4 rings (SSSR count). The van der Waals surface area contributed by atoms with Crippen molar-refractivity contribution in [2.24, 2.45) is 0 Å². The van der Waals surface area contributed by atoms with Crippen LogP contribution in [0.1, 0.15) is 23.5 Å². The lowest BCUT2D eigenvalue weighted by molar-refractivity contribution is -0.116. The highest BCUT2D eigenvalue weighted by molar-refractivity contribution is 6.06. The van der Waals surface area contributed by atoms with Crippen molar-refractivity contribution in [1.29, 1.82) is 0 Å². The number of benzene rings is 2. The number of hydrogen-bond donors (Lipinski definition) is 1. The molecular formula is C18H15NO2. The molecular weight excluding hydrogens is 262 g/mol. The third-order valence-electron chi connectivity index (χ3n) is 4.36. The number of amides is 1. The van der Waals surface area contributed by atoms with Crippen LogP contribution >= 0.6 is 0 Å². The molecule has 0 radical (unpaired) electrons. The van der Waals surface area contributed by atoms with Crippen molar-refractivity contribution in [3.63, 3.8) is 0 Å². The minimum atomic E-state index is -1.22. The van der Waals surface area contributed by atoms with E-state index in [1.165, 1.54) is 11.0 Å². The second-order valence-electron chi connectivity index (χ2n) is 5.61. The minimum Gasteiger partial charge on any atom is -0.367 e. The molecule has 21 heavy (non-hydrogen) atoms. The maximum atomic E-state index is 12.1. The zero-order valence-corrected chi connectivity index (χ0v) is 11.4. The molecule has 3 nitrogen and oxygen atoms in total. The van der Waals surface area contributed by atoms with Gasteiger partial charge in [-0.25, -0.2) is 0 Å². The van der Waals surface area contributed by atoms with E-state index in [1.807, 2.05) is 42.5 Å². The van der Waals surface area contributed by atoms with Gasteiger partial charge in [0.2, 0.25) is 0 Å². The average molecular weight is 277 g/mol. The van der Waals surface area contributed by atoms with Crippen LogP contribution in [0.25, 0.3) is 0 Å². The first-order valence-electron chi connectivity index (χ1n) is 7.09. The second kappa shape index (κ2) is 4.30. The third-order valence-corrected chi connectivity index (χ3v) is 4.36. The van der Waals surface area contributed by atoms with Crippen molar-refractivity contribution in [3.8, 4) is 0 Å². The Bertz CT molecular complexity index is 738. The summed E-state index contributed by atoms with van der Waals surface area (Å²) in [7, 11) is 0. The summed E-state index contributed by atoms with van der Waals surface area (Å²) in [4.78, 5) is 13.6. The van der Waals surface area contributed by atoms with Gasteiger partial charge in [0.25, 0.3) is 5.91 Å². The molecule has 0 spiro atoms. The molecule has 2 aromatic rings. The van der Waals surface area contributed by atoms with Gasteiger partial charge in [-0.05, 0) is 23.3 Å². The van der Waals surface area contributed by atoms with E-state index in [0.717, 1.165) is 16.8 Å². The number of aliphatic hydroxyl groups is 1. The summed E-state index contributed by atoms with van der Waals surface area (Å²) in [6.07, 6.45) is 3.56. The Hall–Kier alpha value is -2.39. The van der Waals surface area contributed by atoms with E-state index in [9.17, 15) is 9.90 Å². The topological polar surface area (TPSA) is 40.5 Å². The molecule has 2 aliphatic rings. The van der Waals surface area contributed by atoms with E-state index >= 15 is 0 Å². The first kappa shape index (κ1) is 12.4. The van der Waals surface area contributed by atoms with Gasteiger partial charge in [-0.2, -0.15) is 0 Å². The number of carbonyl (C=O) groups is 1. The number of rotatable bonds is 1. The van der Waals surface area contributed by atoms with Crippen LogP contribution < -0.4 is 4.90 Å². The Morgan fingerprint density at radius 3 is 2.57 bits per heavy atom. The first-order chi connectivity index (χ1) is 10.2. The van der Waals surface area contributed by atoms with Gasteiger partial charge < -0.3 is 5.11 Å². The molecule has 0 bridgehead atoms. The van der Waals surface area contributed by atoms with E-state index in [0.29, 0.717) is 6.42 Å². The van der Waals surface area contributed by atoms with Crippen molar-refractivity contribution < 1.29 is 9.90 Å². The van der Waals surface area contributed by atoms with Gasteiger partial charge in [-0.15, -0.1) is 0 Å². The molecule has 0 fully saturated rings. The van der Waals surface area contributed by atoms with E-state index in [2.05, 4.69) is 12.1 Å². The van der Waals surface area contributed by atoms with Gasteiger partial charge in [0, 0.05) is 18.4 Å². The van der Waals surface area contributed by atoms with Gasteiger partial charge in [-0.3, -0.25) is 9.69 Å². The predicted octanol–water partition coefficient (Wildman–Crippen LogP) is 2.81. The highest BCUT2D eigenvalue weighted by atomic mass is 16.3. The van der Waals surface area contributed by atoms with Gasteiger partial charge in [0.15, 0.2) is 5.72 Å². The van der Waals surface area contributed by atoms with Gasteiger partial charge in [-0.1, -0.05) is 48.5 Å². The number of fused-ring (bicyclic) bond motifs is 3. The fraction of sp³-hybridized carbons (Fsp3) is 0.167. The predicted molar refractivity (Wildman–Crippen MR) is 80.9 cm³/mol. The molecule has 2 atom stereocenters. The monoisotopic (exact) mass is 277 g/mol. The number of carbonyl (C=O) groups excluding carboxylic acids is 1. The van der Waals surface area contributed by atoms with Crippen LogP contribution in [0.5, 0.6) is 0 Å². The normalized spacial score (nSPS) is 26.6. The van der Waals surface area contributed by atoms with Crippen LogP contribution in [0.3, 0.4) is 0 Å². The summed E-state index contributed by atoms with van der Waals surface area (Å²) < 4.78 is 0. The first-order valence-corrected chi connectivity index (χ1v) is 7.09. The lowest BCUT2D eigenvalue weighted by Gasteiger charge is -2.42. The molecule has 2 heterocycles. The standard InChI is InChI=1S/C18H15NO2/c20-17-10-11-18(21)12-15(13-6-2-1-3-7-13)14-8-4-5-9-16(14)19(17)18/h1-11,15,21H,12H2/t15-,18+/m1/s1. The third kappa shape index (κ3) is 1.74. The van der Waals surface area contributed by atoms with Gasteiger partial charge >= 0.3 is 0 Å².